The van der Waals surface area contributed by atoms with Crippen molar-refractivity contribution in [3.63, 3.8) is 0 Å². The van der Waals surface area contributed by atoms with Crippen LogP contribution in [0.4, 0.5) is 4.39 Å². The number of ether oxygens (including phenoxy) is 1. The summed E-state index contributed by atoms with van der Waals surface area (Å²) in [6.07, 6.45) is 3.17. The molecule has 1 aromatic rings. The minimum atomic E-state index is -0.355. The molecule has 0 bridgehead atoms. The van der Waals surface area contributed by atoms with E-state index in [1.807, 2.05) is 13.1 Å². The number of likely N-dealkylation sites (N-methyl/N-ethyl adjacent to an activating group) is 1. The molecule has 1 saturated heterocycles. The molecule has 2 unspecified atom stereocenters. The first-order valence-electron chi connectivity index (χ1n) is 5.93. The van der Waals surface area contributed by atoms with Gasteiger partial charge in [-0.1, -0.05) is 17.7 Å². The van der Waals surface area contributed by atoms with Gasteiger partial charge in [0.25, 0.3) is 0 Å². The third-order valence-electron chi connectivity index (χ3n) is 3.22. The molecule has 1 aliphatic rings. The van der Waals surface area contributed by atoms with E-state index in [4.69, 9.17) is 16.3 Å². The Hall–Kier alpha value is -0.640. The van der Waals surface area contributed by atoms with Crippen molar-refractivity contribution >= 4 is 11.6 Å². The first-order chi connectivity index (χ1) is 8.20. The Morgan fingerprint density at radius 3 is 3.00 bits per heavy atom. The average molecular weight is 258 g/mol. The number of hydrogen-bond acceptors (Lipinski definition) is 2. The van der Waals surface area contributed by atoms with Crippen molar-refractivity contribution in [2.24, 2.45) is 0 Å². The number of benzene rings is 1. The van der Waals surface area contributed by atoms with Crippen LogP contribution in [0.1, 0.15) is 18.4 Å². The van der Waals surface area contributed by atoms with Crippen LogP contribution in [0.3, 0.4) is 0 Å². The topological polar surface area (TPSA) is 21.3 Å². The largest absolute Gasteiger partial charge is 0.377 e. The van der Waals surface area contributed by atoms with Crippen molar-refractivity contribution in [2.45, 2.75) is 31.4 Å². The molecule has 2 nitrogen and oxygen atoms in total. The van der Waals surface area contributed by atoms with Crippen LogP contribution in [-0.2, 0) is 11.2 Å². The Morgan fingerprint density at radius 1 is 1.59 bits per heavy atom. The van der Waals surface area contributed by atoms with Crippen molar-refractivity contribution in [3.8, 4) is 0 Å². The predicted molar refractivity (Wildman–Crippen MR) is 66.9 cm³/mol. The van der Waals surface area contributed by atoms with E-state index in [9.17, 15) is 4.39 Å². The molecule has 0 aliphatic carbocycles. The Balaban J connectivity index is 2.04. The van der Waals surface area contributed by atoms with Gasteiger partial charge in [0.05, 0.1) is 11.1 Å². The zero-order valence-corrected chi connectivity index (χ0v) is 10.6. The Kier molecular flexibility index (Phi) is 4.37. The third-order valence-corrected chi connectivity index (χ3v) is 3.53. The van der Waals surface area contributed by atoms with E-state index in [1.165, 1.54) is 6.07 Å². The summed E-state index contributed by atoms with van der Waals surface area (Å²) >= 11 is 5.66. The third kappa shape index (κ3) is 3.18. The summed E-state index contributed by atoms with van der Waals surface area (Å²) in [6.45, 7) is 0.831. The molecule has 0 aromatic heterocycles. The Morgan fingerprint density at radius 2 is 2.41 bits per heavy atom. The van der Waals surface area contributed by atoms with E-state index in [0.717, 1.165) is 31.4 Å². The van der Waals surface area contributed by atoms with Crippen molar-refractivity contribution in [3.05, 3.63) is 34.6 Å². The normalized spacial score (nSPS) is 21.7. The molecule has 0 amide bonds. The molecule has 2 atom stereocenters. The predicted octanol–water partition coefficient (Wildman–Crippen LogP) is 2.79. The van der Waals surface area contributed by atoms with Gasteiger partial charge >= 0.3 is 0 Å². The summed E-state index contributed by atoms with van der Waals surface area (Å²) < 4.78 is 19.0. The van der Waals surface area contributed by atoms with Gasteiger partial charge in [-0.3, -0.25) is 0 Å². The Bertz CT molecular complexity index is 380. The van der Waals surface area contributed by atoms with Gasteiger partial charge in [0, 0.05) is 12.6 Å². The van der Waals surface area contributed by atoms with E-state index in [-0.39, 0.29) is 23.0 Å². The van der Waals surface area contributed by atoms with Crippen LogP contribution in [0.5, 0.6) is 0 Å². The van der Waals surface area contributed by atoms with Crippen molar-refractivity contribution < 1.29 is 9.13 Å². The summed E-state index contributed by atoms with van der Waals surface area (Å²) in [6, 6.07) is 5.21. The van der Waals surface area contributed by atoms with E-state index < -0.39 is 0 Å². The number of rotatable bonds is 4. The summed E-state index contributed by atoms with van der Waals surface area (Å²) in [7, 11) is 1.92. The highest BCUT2D eigenvalue weighted by Crippen LogP contribution is 2.21. The molecule has 1 heterocycles. The average Bonchev–Trinajstić information content (AvgIpc) is 2.84. The number of hydrogen-bond donors (Lipinski definition) is 1. The highest BCUT2D eigenvalue weighted by atomic mass is 35.5. The fraction of sp³-hybridized carbons (Fsp3) is 0.538. The lowest BCUT2D eigenvalue weighted by Gasteiger charge is -2.22. The lowest BCUT2D eigenvalue weighted by molar-refractivity contribution is 0.0808. The zero-order chi connectivity index (χ0) is 12.3. The fourth-order valence-electron chi connectivity index (χ4n) is 2.26. The van der Waals surface area contributed by atoms with Crippen molar-refractivity contribution in [1.82, 2.24) is 5.32 Å². The molecule has 17 heavy (non-hydrogen) atoms. The van der Waals surface area contributed by atoms with Gasteiger partial charge in [0.2, 0.25) is 0 Å². The van der Waals surface area contributed by atoms with Crippen LogP contribution in [0, 0.1) is 5.82 Å². The van der Waals surface area contributed by atoms with E-state index in [1.54, 1.807) is 6.07 Å². The van der Waals surface area contributed by atoms with Crippen LogP contribution >= 0.6 is 11.6 Å². The Labute approximate surface area is 106 Å². The molecule has 0 radical (unpaired) electrons. The van der Waals surface area contributed by atoms with Crippen LogP contribution < -0.4 is 5.32 Å². The summed E-state index contributed by atoms with van der Waals surface area (Å²) in [5.41, 5.74) is 0.946. The molecular formula is C13H17ClFNO. The smallest absolute Gasteiger partial charge is 0.142 e. The molecule has 0 spiro atoms. The minimum absolute atomic E-state index is 0.173. The van der Waals surface area contributed by atoms with Gasteiger partial charge in [-0.15, -0.1) is 0 Å². The molecule has 1 aromatic carbocycles. The maximum Gasteiger partial charge on any atom is 0.142 e. The van der Waals surface area contributed by atoms with E-state index in [2.05, 4.69) is 5.32 Å². The van der Waals surface area contributed by atoms with Gasteiger partial charge in [0.15, 0.2) is 0 Å². The lowest BCUT2D eigenvalue weighted by atomic mass is 9.99. The minimum Gasteiger partial charge on any atom is -0.377 e. The molecule has 1 N–H and O–H groups in total. The summed E-state index contributed by atoms with van der Waals surface area (Å²) in [4.78, 5) is 0. The first kappa shape index (κ1) is 12.8. The molecule has 1 aliphatic heterocycles. The second-order valence-electron chi connectivity index (χ2n) is 4.40. The van der Waals surface area contributed by atoms with Crippen LogP contribution in [0.15, 0.2) is 18.2 Å². The van der Waals surface area contributed by atoms with Crippen molar-refractivity contribution in [1.29, 1.82) is 0 Å². The van der Waals surface area contributed by atoms with E-state index >= 15 is 0 Å². The van der Waals surface area contributed by atoms with Crippen LogP contribution in [0.2, 0.25) is 5.02 Å². The summed E-state index contributed by atoms with van der Waals surface area (Å²) in [5.74, 6) is -0.355. The maximum atomic E-state index is 13.3. The van der Waals surface area contributed by atoms with Gasteiger partial charge in [-0.25, -0.2) is 4.39 Å². The first-order valence-corrected chi connectivity index (χ1v) is 6.31. The standard InChI is InChI=1S/C13H17ClFNO/c1-16-12(13-3-2-6-17-13)8-9-4-5-10(14)11(15)7-9/h4-5,7,12-13,16H,2-3,6,8H2,1H3. The zero-order valence-electron chi connectivity index (χ0n) is 9.88. The molecule has 2 rings (SSSR count). The fourth-order valence-corrected chi connectivity index (χ4v) is 2.38. The summed E-state index contributed by atoms with van der Waals surface area (Å²) in [5, 5.41) is 3.42. The lowest BCUT2D eigenvalue weighted by Crippen LogP contribution is -2.39. The maximum absolute atomic E-state index is 13.3. The highest BCUT2D eigenvalue weighted by Gasteiger charge is 2.24. The molecule has 0 saturated carbocycles. The van der Waals surface area contributed by atoms with Gasteiger partial charge < -0.3 is 10.1 Å². The number of nitrogens with one attached hydrogen (secondary N) is 1. The number of halogens is 2. The van der Waals surface area contributed by atoms with Crippen LogP contribution in [-0.4, -0.2) is 25.8 Å². The SMILES string of the molecule is CNC(Cc1ccc(Cl)c(F)c1)C1CCCO1. The second kappa shape index (κ2) is 5.80. The molecule has 1 fully saturated rings. The molecular weight excluding hydrogens is 241 g/mol. The molecule has 94 valence electrons. The second-order valence-corrected chi connectivity index (χ2v) is 4.81. The van der Waals surface area contributed by atoms with Gasteiger partial charge in [-0.2, -0.15) is 0 Å². The van der Waals surface area contributed by atoms with E-state index in [0.29, 0.717) is 0 Å². The van der Waals surface area contributed by atoms with Crippen molar-refractivity contribution in [2.75, 3.05) is 13.7 Å². The van der Waals surface area contributed by atoms with Gasteiger partial charge in [-0.05, 0) is 44.0 Å². The van der Waals surface area contributed by atoms with Gasteiger partial charge in [0.1, 0.15) is 5.82 Å². The highest BCUT2D eigenvalue weighted by molar-refractivity contribution is 6.30. The monoisotopic (exact) mass is 257 g/mol. The molecule has 4 heteroatoms. The van der Waals surface area contributed by atoms with Crippen LogP contribution in [0.25, 0.3) is 0 Å². The quantitative estimate of drug-likeness (QED) is 0.896.